The van der Waals surface area contributed by atoms with Gasteiger partial charge in [-0.3, -0.25) is 9.69 Å². The largest absolute Gasteiger partial charge is 0.382 e. The van der Waals surface area contributed by atoms with Crippen LogP contribution in [0.5, 0.6) is 0 Å². The number of amides is 1. The average Bonchev–Trinajstić information content (AvgIpc) is 1.44. The van der Waals surface area contributed by atoms with Crippen LogP contribution in [-0.4, -0.2) is 175 Å². The molecule has 4 N–H and O–H groups in total. The van der Waals surface area contributed by atoms with Crippen LogP contribution < -0.4 is 21.2 Å². The van der Waals surface area contributed by atoms with Gasteiger partial charge in [-0.05, 0) is 102 Å². The summed E-state index contributed by atoms with van der Waals surface area (Å²) in [6, 6.07) is 32.7. The zero-order chi connectivity index (χ0) is 63.9. The van der Waals surface area contributed by atoms with Gasteiger partial charge in [-0.2, -0.15) is 0 Å². The first-order valence-corrected chi connectivity index (χ1v) is 34.9. The molecule has 3 aromatic carbocycles. The molecule has 0 unspecified atom stereocenters. The standard InChI is InChI=1S/C70H112N3O13P/c1-16-59-70(11,79)64(86-67(77)71-40-32-21-19-17-18-20-22-33-41-87(54-34-26-23-27-35-54,55-36-28-24-29-37-55)56-38-30-25-31-39-56)52(7)73(14)46-47(2)44-68(9,78)63(85-66-57(42-48(3)74)58(72(12)13)43-49(4)81-66)50(5)61(51(6)65(76)83-59)84-60-45-69(10,80-15)62(75)53(8)82-60/h23-31,34-39,47,49-53,57-64,66,75,78-79,87H,16-22,32-33,40-46H2,1-15H3,(H,71,77)/t47-,49-,50+,51-,52-,53+,57-,58+,59-,60+,61+,62+,63-,64-,66+,68-,69-,70-/m1/s1. The molecular weight excluding hydrogens is 1120 g/mol. The maximum absolute atomic E-state index is 15.0. The van der Waals surface area contributed by atoms with Gasteiger partial charge in [-0.1, -0.05) is 20.8 Å². The summed E-state index contributed by atoms with van der Waals surface area (Å²) >= 11 is 0. The number of nitrogens with one attached hydrogen (secondary N) is 1. The van der Waals surface area contributed by atoms with Crippen LogP contribution in [0.25, 0.3) is 0 Å². The Balaban J connectivity index is 1.15. The Kier molecular flexibility index (Phi) is 27.3. The summed E-state index contributed by atoms with van der Waals surface area (Å²) in [7, 11) is 5.12. The zero-order valence-corrected chi connectivity index (χ0v) is 56.5. The summed E-state index contributed by atoms with van der Waals surface area (Å²) in [4.78, 5) is 46.0. The van der Waals surface area contributed by atoms with Crippen molar-refractivity contribution in [3.63, 3.8) is 0 Å². The van der Waals surface area contributed by atoms with E-state index in [0.717, 1.165) is 44.7 Å². The summed E-state index contributed by atoms with van der Waals surface area (Å²) < 4.78 is 45.6. The number of Topliss-reactive ketones (excluding diaryl/α,β-unsaturated/α-hetero) is 1. The summed E-state index contributed by atoms with van der Waals surface area (Å²) in [6.45, 7) is 20.4. The monoisotopic (exact) mass is 1230 g/mol. The number of carbonyl (C=O) groups excluding carboxylic acids is 3. The normalized spacial score (nSPS) is 34.5. The van der Waals surface area contributed by atoms with Crippen LogP contribution in [0.15, 0.2) is 91.0 Å². The first-order chi connectivity index (χ1) is 41.2. The second-order valence-corrected chi connectivity index (χ2v) is 31.2. The number of nitrogens with zero attached hydrogens (tertiary/aromatic N) is 2. The molecule has 18 atom stereocenters. The Bertz CT molecular complexity index is 2450. The van der Waals surface area contributed by atoms with Crippen molar-refractivity contribution in [2.75, 3.05) is 47.5 Å². The van der Waals surface area contributed by atoms with E-state index in [9.17, 15) is 24.9 Å². The van der Waals surface area contributed by atoms with E-state index in [1.807, 2.05) is 60.7 Å². The predicted molar refractivity (Wildman–Crippen MR) is 348 cm³/mol. The molecule has 16 nitrogen and oxygen atoms in total. The maximum atomic E-state index is 15.0. The number of hydrogen-bond donors (Lipinski definition) is 4. The third-order valence-corrected chi connectivity index (χ3v) is 24.7. The van der Waals surface area contributed by atoms with Gasteiger partial charge < -0.3 is 58.2 Å². The third kappa shape index (κ3) is 18.6. The van der Waals surface area contributed by atoms with Crippen molar-refractivity contribution in [2.24, 2.45) is 23.7 Å². The van der Waals surface area contributed by atoms with E-state index < -0.39 is 103 Å². The number of aliphatic hydroxyl groups is 3. The third-order valence-electron chi connectivity index (χ3n) is 19.6. The van der Waals surface area contributed by atoms with E-state index in [2.05, 4.69) is 101 Å². The van der Waals surface area contributed by atoms with Crippen molar-refractivity contribution in [2.45, 2.75) is 244 Å². The number of ketones is 1. The summed E-state index contributed by atoms with van der Waals surface area (Å²) in [5.74, 6) is -3.18. The number of cyclic esters (lactones) is 1. The summed E-state index contributed by atoms with van der Waals surface area (Å²) in [5.41, 5.74) is -4.57. The molecule has 3 aromatic rings. The summed E-state index contributed by atoms with van der Waals surface area (Å²) in [6.07, 6.45) is 1.99. The molecule has 0 radical (unpaired) electrons. The van der Waals surface area contributed by atoms with Gasteiger partial charge in [0.1, 0.15) is 23.6 Å². The molecule has 6 rings (SSSR count). The maximum Gasteiger partial charge on any atom is 0.137 e. The number of benzene rings is 3. The molecule has 3 aliphatic heterocycles. The molecule has 0 saturated carbocycles. The number of likely N-dealkylation sites (N-methyl/N-ethyl adjacent to an activating group) is 1. The van der Waals surface area contributed by atoms with Crippen molar-refractivity contribution >= 4 is 41.0 Å². The zero-order valence-electron chi connectivity index (χ0n) is 55.5. The van der Waals surface area contributed by atoms with Crippen LogP contribution >= 0.6 is 7.26 Å². The number of esters is 1. The minimum absolute atomic E-state index is 0.0217. The van der Waals surface area contributed by atoms with Crippen molar-refractivity contribution in [1.82, 2.24) is 15.1 Å². The second kappa shape index (κ2) is 32.9. The van der Waals surface area contributed by atoms with E-state index in [4.69, 9.17) is 33.2 Å². The quantitative estimate of drug-likeness (QED) is 0.0376. The first-order valence-electron chi connectivity index (χ1n) is 32.7. The Morgan fingerprint density at radius 1 is 0.770 bits per heavy atom. The fraction of sp³-hybridized carbons (Fsp3) is 0.700. The van der Waals surface area contributed by atoms with E-state index in [1.165, 1.54) is 35.9 Å². The van der Waals surface area contributed by atoms with Gasteiger partial charge in [-0.25, -0.2) is 4.79 Å². The van der Waals surface area contributed by atoms with Gasteiger partial charge in [0.25, 0.3) is 0 Å². The Morgan fingerprint density at radius 3 is 1.83 bits per heavy atom. The molecule has 17 heteroatoms. The number of methoxy groups -OCH3 is 1. The van der Waals surface area contributed by atoms with E-state index in [0.29, 0.717) is 19.5 Å². The summed E-state index contributed by atoms with van der Waals surface area (Å²) in [5, 5.41) is 44.4. The Labute approximate surface area is 522 Å². The Hall–Kier alpha value is -3.90. The Morgan fingerprint density at radius 2 is 1.31 bits per heavy atom. The molecular formula is C70H112N3O13P. The minimum Gasteiger partial charge on any atom is -0.382 e. The first kappa shape index (κ1) is 72.2. The number of rotatable bonds is 24. The van der Waals surface area contributed by atoms with Gasteiger partial charge in [0.15, 0.2) is 18.7 Å². The SMILES string of the molecule is CC[C@H]1OC(=O)[C@H](C)[C@@H](O[C@H]2C[C@@](C)(OC)[C@@H](O)[C@H](C)O2)[C@H](C)[C@@H](O[C@@H]2O[C@H](C)C[C@H](N(C)C)[C@H]2CC(C)=O)[C@](C)(O)C[C@@H](C)CN(C)[C@H](C)[C@@H](OC(=O)NCCCCCCCCCC[PH](c2ccccc2)(c2ccccc2)c2ccccc2)[C@]1(C)O. The molecule has 490 valence electrons. The topological polar surface area (TPSA) is 195 Å². The van der Waals surface area contributed by atoms with Crippen LogP contribution in [0.3, 0.4) is 0 Å². The number of aliphatic hydroxyl groups excluding tert-OH is 1. The van der Waals surface area contributed by atoms with Crippen molar-refractivity contribution in [1.29, 1.82) is 0 Å². The van der Waals surface area contributed by atoms with E-state index >= 15 is 4.79 Å². The molecule has 0 bridgehead atoms. The minimum atomic E-state index is -2.25. The van der Waals surface area contributed by atoms with Crippen LogP contribution in [0, 0.1) is 23.7 Å². The molecule has 87 heavy (non-hydrogen) atoms. The van der Waals surface area contributed by atoms with Crippen molar-refractivity contribution in [3.05, 3.63) is 91.0 Å². The van der Waals surface area contributed by atoms with Crippen LogP contribution in [0.4, 0.5) is 4.79 Å². The molecule has 3 saturated heterocycles. The number of alkyl carbamates (subject to hydrolysis) is 1. The average molecular weight is 1230 g/mol. The number of carbonyl (C=O) groups is 3. The molecule has 0 aliphatic carbocycles. The van der Waals surface area contributed by atoms with Crippen molar-refractivity contribution < 1.29 is 62.9 Å². The van der Waals surface area contributed by atoms with Gasteiger partial charge in [-0.15, -0.1) is 0 Å². The van der Waals surface area contributed by atoms with E-state index in [1.54, 1.807) is 41.5 Å². The van der Waals surface area contributed by atoms with Crippen LogP contribution in [-0.2, 0) is 42.7 Å². The number of unbranched alkanes of at least 4 members (excludes halogenated alkanes) is 7. The molecule has 0 spiro atoms. The van der Waals surface area contributed by atoms with Crippen LogP contribution in [0.1, 0.15) is 160 Å². The molecule has 3 heterocycles. The fourth-order valence-electron chi connectivity index (χ4n) is 14.7. The van der Waals surface area contributed by atoms with Gasteiger partial charge in [0.05, 0.1) is 41.5 Å². The van der Waals surface area contributed by atoms with E-state index in [-0.39, 0.29) is 55.4 Å². The van der Waals surface area contributed by atoms with Crippen LogP contribution in [0.2, 0.25) is 0 Å². The van der Waals surface area contributed by atoms with Gasteiger partial charge in [0.2, 0.25) is 0 Å². The smallest absolute Gasteiger partial charge is 0.137 e. The molecule has 3 aliphatic rings. The van der Waals surface area contributed by atoms with Gasteiger partial charge in [0, 0.05) is 50.4 Å². The fourth-order valence-corrected chi connectivity index (χ4v) is 19.6. The number of ether oxygens (including phenoxy) is 7. The second-order valence-electron chi connectivity index (χ2n) is 27.1. The van der Waals surface area contributed by atoms with Gasteiger partial charge >= 0.3 is 196 Å². The predicted octanol–water partition coefficient (Wildman–Crippen LogP) is 9.72. The van der Waals surface area contributed by atoms with Crippen molar-refractivity contribution in [3.8, 4) is 0 Å². The molecule has 3 fully saturated rings. The molecule has 0 aromatic heterocycles. The molecule has 1 amide bonds. The number of hydrogen-bond acceptors (Lipinski definition) is 15.